The Balaban J connectivity index is 0.00000731. The van der Waals surface area contributed by atoms with Gasteiger partial charge in [-0.25, -0.2) is 4.99 Å². The van der Waals surface area contributed by atoms with Gasteiger partial charge in [0.15, 0.2) is 0 Å². The van der Waals surface area contributed by atoms with Gasteiger partial charge in [0.25, 0.3) is 11.8 Å². The number of nitrogen functional groups attached to an aromatic ring is 1. The quantitative estimate of drug-likeness (QED) is 0.0180. The predicted molar refractivity (Wildman–Crippen MR) is 230 cm³/mol. The van der Waals surface area contributed by atoms with Crippen LogP contribution in [0.1, 0.15) is 45.0 Å². The fourth-order valence-corrected chi connectivity index (χ4v) is 3.99. The number of anilines is 3. The molecule has 16 nitrogen and oxygen atoms in total. The highest BCUT2D eigenvalue weighted by atomic mass is 16.5. The summed E-state index contributed by atoms with van der Waals surface area (Å²) in [5.74, 6) is -0.0917. The Kier molecular flexibility index (Phi) is 32.4. The van der Waals surface area contributed by atoms with Crippen LogP contribution in [0, 0.1) is 0 Å². The first kappa shape index (κ1) is 50.9. The van der Waals surface area contributed by atoms with Crippen molar-refractivity contribution in [2.45, 2.75) is 34.6 Å². The second kappa shape index (κ2) is 35.6. The molecule has 0 aliphatic rings. The second-order valence-electron chi connectivity index (χ2n) is 10.7. The lowest BCUT2D eigenvalue weighted by atomic mass is 10.2. The van der Waals surface area contributed by atoms with Gasteiger partial charge in [-0.2, -0.15) is 4.99 Å². The maximum atomic E-state index is 12.5. The lowest BCUT2D eigenvalue weighted by Gasteiger charge is -2.11. The van der Waals surface area contributed by atoms with Crippen molar-refractivity contribution in [1.82, 2.24) is 16.0 Å². The highest BCUT2D eigenvalue weighted by Gasteiger charge is 2.07. The van der Waals surface area contributed by atoms with Gasteiger partial charge in [0, 0.05) is 54.4 Å². The van der Waals surface area contributed by atoms with Gasteiger partial charge in [-0.15, -0.1) is 0 Å². The van der Waals surface area contributed by atoms with Gasteiger partial charge in [-0.1, -0.05) is 52.5 Å². The maximum absolute atomic E-state index is 12.5. The number of carbonyl (C=O) groups is 2. The minimum atomic E-state index is -0.226. The Morgan fingerprint density at radius 1 is 0.750 bits per heavy atom. The third-order valence-corrected chi connectivity index (χ3v) is 6.60. The average molecular weight is 783 g/mol. The Hall–Kier alpha value is -5.10. The van der Waals surface area contributed by atoms with Crippen molar-refractivity contribution < 1.29 is 28.5 Å². The van der Waals surface area contributed by atoms with Crippen molar-refractivity contribution in [3.05, 3.63) is 90.6 Å². The largest absolute Gasteiger partial charge is 0.399 e. The van der Waals surface area contributed by atoms with Crippen LogP contribution in [-0.4, -0.2) is 109 Å². The fourth-order valence-electron chi connectivity index (χ4n) is 3.99. The second-order valence-corrected chi connectivity index (χ2v) is 10.7. The van der Waals surface area contributed by atoms with Crippen molar-refractivity contribution in [3.63, 3.8) is 0 Å². The summed E-state index contributed by atoms with van der Waals surface area (Å²) < 4.78 is 21.8. The van der Waals surface area contributed by atoms with Crippen molar-refractivity contribution >= 4 is 40.8 Å². The molecule has 2 amide bonds. The number of hydrogen-bond acceptors (Lipinski definition) is 10. The van der Waals surface area contributed by atoms with Crippen LogP contribution in [0.15, 0.2) is 95.0 Å². The summed E-state index contributed by atoms with van der Waals surface area (Å²) in [6, 6.07) is 13.9. The van der Waals surface area contributed by atoms with Gasteiger partial charge in [0.2, 0.25) is 11.9 Å². The summed E-state index contributed by atoms with van der Waals surface area (Å²) in [6.45, 7) is 18.8. The van der Waals surface area contributed by atoms with Crippen LogP contribution in [-0.2, 0) is 23.7 Å². The van der Waals surface area contributed by atoms with Gasteiger partial charge in [0.1, 0.15) is 0 Å². The molecule has 11 N–H and O–H groups in total. The number of benzene rings is 2. The Morgan fingerprint density at radius 2 is 1.29 bits per heavy atom. The molecule has 0 aromatic heterocycles. The maximum Gasteiger partial charge on any atom is 0.251 e. The smallest absolute Gasteiger partial charge is 0.251 e. The summed E-state index contributed by atoms with van der Waals surface area (Å²) in [5.41, 5.74) is 20.3. The third kappa shape index (κ3) is 25.8. The van der Waals surface area contributed by atoms with E-state index < -0.39 is 0 Å². The van der Waals surface area contributed by atoms with E-state index in [2.05, 4.69) is 43.1 Å². The lowest BCUT2D eigenvalue weighted by Crippen LogP contribution is -2.28. The number of nitrogens with two attached hydrogens (primary N) is 3. The molecule has 2 aromatic carbocycles. The summed E-state index contributed by atoms with van der Waals surface area (Å²) in [5, 5.41) is 14.9. The van der Waals surface area contributed by atoms with Crippen LogP contribution >= 0.6 is 0 Å². The topological polar surface area (TPSA) is 234 Å². The van der Waals surface area contributed by atoms with Crippen molar-refractivity contribution in [2.24, 2.45) is 21.5 Å². The molecule has 312 valence electrons. The Labute approximate surface area is 333 Å². The molecule has 0 radical (unpaired) electrons. The molecule has 0 aliphatic carbocycles. The zero-order valence-corrected chi connectivity index (χ0v) is 33.9. The summed E-state index contributed by atoms with van der Waals surface area (Å²) in [7, 11) is 0. The summed E-state index contributed by atoms with van der Waals surface area (Å²) in [4.78, 5) is 33.5. The van der Waals surface area contributed by atoms with E-state index in [0.29, 0.717) is 107 Å². The van der Waals surface area contributed by atoms with E-state index >= 15 is 0 Å². The normalized spacial score (nSPS) is 11.5. The van der Waals surface area contributed by atoms with E-state index in [0.717, 1.165) is 0 Å². The summed E-state index contributed by atoms with van der Waals surface area (Å²) >= 11 is 0. The number of aliphatic imine (C=N–C) groups is 2. The highest BCUT2D eigenvalue weighted by Crippen LogP contribution is 2.12. The molecule has 0 saturated carbocycles. The number of nitrogens with one attached hydrogen (secondary N) is 5. The molecule has 2 rings (SSSR count). The Bertz CT molecular complexity index is 1450. The number of hydrogen-bond donors (Lipinski definition) is 8. The first-order chi connectivity index (χ1) is 27.4. The molecule has 0 saturated heterocycles. The molecular weight excluding hydrogens is 717 g/mol. The molecule has 0 heterocycles. The van der Waals surface area contributed by atoms with Gasteiger partial charge < -0.3 is 57.4 Å². The van der Waals surface area contributed by atoms with Crippen LogP contribution in [0.4, 0.5) is 17.1 Å². The molecular formula is C40H66N10O6. The lowest BCUT2D eigenvalue weighted by molar-refractivity contribution is -0.117. The molecule has 0 fully saturated rings. The summed E-state index contributed by atoms with van der Waals surface area (Å²) in [6.07, 6.45) is 6.82. The van der Waals surface area contributed by atoms with Crippen LogP contribution < -0.4 is 43.8 Å². The molecule has 2 aromatic rings. The minimum absolute atomic E-state index is 0.106. The van der Waals surface area contributed by atoms with E-state index in [4.69, 9.17) is 36.1 Å². The molecule has 16 heteroatoms. The first-order valence-electron chi connectivity index (χ1n) is 19.0. The number of allylic oxidation sites excluding steroid dienone is 3. The van der Waals surface area contributed by atoms with Crippen molar-refractivity contribution in [2.75, 3.05) is 102 Å². The van der Waals surface area contributed by atoms with E-state index in [1.165, 1.54) is 6.08 Å². The van der Waals surface area contributed by atoms with Gasteiger partial charge in [-0.3, -0.25) is 14.9 Å². The number of amides is 2. The zero-order valence-electron chi connectivity index (χ0n) is 33.9. The van der Waals surface area contributed by atoms with Crippen molar-refractivity contribution in [1.29, 1.82) is 0 Å². The zero-order chi connectivity index (χ0) is 41.7. The number of nitrogens with zero attached hydrogens (tertiary/aromatic N) is 2. The van der Waals surface area contributed by atoms with E-state index in [1.54, 1.807) is 60.7 Å². The average Bonchev–Trinajstić information content (AvgIpc) is 3.22. The third-order valence-electron chi connectivity index (χ3n) is 6.60. The van der Waals surface area contributed by atoms with Crippen LogP contribution in [0.5, 0.6) is 0 Å². The number of carbonyl (C=O) groups excluding carboxylic acids is 2. The SMILES string of the molecule is C=C/C(=C\C=C/C)C(=O)NCCOCCOCCNC/N=C(\N=C(/N)Nc1ccc(N)cc1)Nc1ccc(C(=O)NCCOCCOCCN)cc1.CC.CC. The van der Waals surface area contributed by atoms with Gasteiger partial charge in [0.05, 0.1) is 59.5 Å². The molecule has 0 aliphatic heterocycles. The van der Waals surface area contributed by atoms with Gasteiger partial charge >= 0.3 is 0 Å². The number of rotatable bonds is 25. The molecule has 0 spiro atoms. The molecule has 0 bridgehead atoms. The standard InChI is InChI=1S/C36H54N10O6.2C2H6/c1-3-5-6-28(4-2)33(47)41-17-21-52-26-25-50-20-16-40-27-43-36(46-35(39)44-31-13-9-30(38)10-14-31)45-32-11-7-29(8-12-32)34(48)42-18-22-51-24-23-49-19-15-37;2*1-2/h3-14,40H,2,15-27,37-38H2,1H3,(H,41,47)(H,42,48)(H4,39,43,44,45,46);2*1-2H3/b5-3-,28-6+;;. The minimum Gasteiger partial charge on any atom is -0.399 e. The van der Waals surface area contributed by atoms with Crippen LogP contribution in [0.3, 0.4) is 0 Å². The van der Waals surface area contributed by atoms with E-state index in [9.17, 15) is 9.59 Å². The van der Waals surface area contributed by atoms with E-state index in [-0.39, 0.29) is 30.4 Å². The first-order valence-corrected chi connectivity index (χ1v) is 19.0. The highest BCUT2D eigenvalue weighted by molar-refractivity contribution is 6.06. The fraction of sp³-hybridized carbons (Fsp3) is 0.450. The predicted octanol–water partition coefficient (Wildman–Crippen LogP) is 3.62. The van der Waals surface area contributed by atoms with Crippen molar-refractivity contribution in [3.8, 4) is 0 Å². The number of guanidine groups is 2. The number of ether oxygens (including phenoxy) is 4. The molecule has 56 heavy (non-hydrogen) atoms. The molecule has 0 atom stereocenters. The van der Waals surface area contributed by atoms with Gasteiger partial charge in [-0.05, 0) is 61.5 Å². The monoisotopic (exact) mass is 783 g/mol. The van der Waals surface area contributed by atoms with Crippen LogP contribution in [0.25, 0.3) is 0 Å². The molecule has 0 unspecified atom stereocenters. The Morgan fingerprint density at radius 3 is 1.86 bits per heavy atom. The van der Waals surface area contributed by atoms with Crippen LogP contribution in [0.2, 0.25) is 0 Å². The van der Waals surface area contributed by atoms with E-state index in [1.807, 2.05) is 40.7 Å².